The molecule has 104 valence electrons. The molecule has 1 amide bonds. The van der Waals surface area contributed by atoms with Gasteiger partial charge in [-0.15, -0.1) is 0 Å². The predicted molar refractivity (Wildman–Crippen MR) is 72.1 cm³/mol. The number of amides is 1. The second-order valence-electron chi connectivity index (χ2n) is 6.60. The molecule has 19 heavy (non-hydrogen) atoms. The summed E-state index contributed by atoms with van der Waals surface area (Å²) in [6, 6.07) is 0. The quantitative estimate of drug-likeness (QED) is 0.782. The summed E-state index contributed by atoms with van der Waals surface area (Å²) >= 11 is 0. The van der Waals surface area contributed by atoms with E-state index in [9.17, 15) is 4.79 Å². The van der Waals surface area contributed by atoms with Gasteiger partial charge in [-0.05, 0) is 43.9 Å². The Morgan fingerprint density at radius 1 is 1.21 bits per heavy atom. The van der Waals surface area contributed by atoms with Crippen molar-refractivity contribution in [1.29, 1.82) is 0 Å². The van der Waals surface area contributed by atoms with Crippen molar-refractivity contribution in [3.05, 3.63) is 17.0 Å². The summed E-state index contributed by atoms with van der Waals surface area (Å²) in [7, 11) is 0. The molecule has 0 atom stereocenters. The molecule has 0 aromatic carbocycles. The molecule has 0 unspecified atom stereocenters. The molecule has 1 aliphatic carbocycles. The number of aryl methyl sites for hydroxylation is 1. The van der Waals surface area contributed by atoms with Gasteiger partial charge in [-0.3, -0.25) is 4.79 Å². The van der Waals surface area contributed by atoms with Crippen molar-refractivity contribution in [2.45, 2.75) is 52.4 Å². The van der Waals surface area contributed by atoms with E-state index in [1.165, 1.54) is 0 Å². The van der Waals surface area contributed by atoms with Crippen LogP contribution >= 0.6 is 0 Å². The number of aromatic nitrogens is 1. The average Bonchev–Trinajstić information content (AvgIpc) is 2.82. The summed E-state index contributed by atoms with van der Waals surface area (Å²) < 4.78 is 5.34. The highest BCUT2D eigenvalue weighted by molar-refractivity contribution is 5.93. The van der Waals surface area contributed by atoms with Crippen LogP contribution in [0.3, 0.4) is 0 Å². The topological polar surface area (TPSA) is 46.3 Å². The molecule has 0 saturated carbocycles. The van der Waals surface area contributed by atoms with E-state index >= 15 is 0 Å². The Bertz CT molecular complexity index is 480. The Labute approximate surface area is 114 Å². The van der Waals surface area contributed by atoms with Crippen LogP contribution < -0.4 is 0 Å². The lowest BCUT2D eigenvalue weighted by Crippen LogP contribution is -2.41. The summed E-state index contributed by atoms with van der Waals surface area (Å²) in [5.74, 6) is 0.556. The van der Waals surface area contributed by atoms with Crippen molar-refractivity contribution >= 4 is 5.91 Å². The molecule has 0 spiro atoms. The number of carbonyl (C=O) groups is 1. The van der Waals surface area contributed by atoms with Gasteiger partial charge in [-0.25, -0.2) is 0 Å². The monoisotopic (exact) mass is 262 g/mol. The van der Waals surface area contributed by atoms with Gasteiger partial charge in [-0.1, -0.05) is 19.0 Å². The summed E-state index contributed by atoms with van der Waals surface area (Å²) in [5, 5.41) is 4.08. The number of carbonyl (C=O) groups excluding carboxylic acids is 1. The third-order valence-corrected chi connectivity index (χ3v) is 4.56. The number of nitrogens with zero attached hydrogens (tertiary/aromatic N) is 2. The lowest BCUT2D eigenvalue weighted by molar-refractivity contribution is 0.0588. The van der Waals surface area contributed by atoms with Crippen LogP contribution in [0.5, 0.6) is 0 Å². The molecule has 1 fully saturated rings. The van der Waals surface area contributed by atoms with Gasteiger partial charge < -0.3 is 9.42 Å². The maximum atomic E-state index is 12.5. The van der Waals surface area contributed by atoms with Crippen molar-refractivity contribution in [2.75, 3.05) is 13.1 Å². The van der Waals surface area contributed by atoms with Crippen molar-refractivity contribution in [3.8, 4) is 0 Å². The zero-order chi connectivity index (χ0) is 13.5. The summed E-state index contributed by atoms with van der Waals surface area (Å²) in [4.78, 5) is 14.5. The van der Waals surface area contributed by atoms with Gasteiger partial charge >= 0.3 is 0 Å². The van der Waals surface area contributed by atoms with Crippen molar-refractivity contribution in [1.82, 2.24) is 10.1 Å². The molecule has 1 aromatic rings. The maximum Gasteiger partial charge on any atom is 0.292 e. The summed E-state index contributed by atoms with van der Waals surface area (Å²) in [6.07, 6.45) is 6.33. The van der Waals surface area contributed by atoms with E-state index in [2.05, 4.69) is 19.0 Å². The average molecular weight is 262 g/mol. The minimum atomic E-state index is 0.0474. The minimum Gasteiger partial charge on any atom is -0.350 e. The van der Waals surface area contributed by atoms with Crippen LogP contribution in [0, 0.1) is 5.41 Å². The molecule has 0 bridgehead atoms. The first kappa shape index (κ1) is 12.7. The number of piperidine rings is 1. The zero-order valence-corrected chi connectivity index (χ0v) is 11.9. The molecule has 1 aliphatic heterocycles. The number of likely N-dealkylation sites (tertiary alicyclic amines) is 1. The molecule has 1 aromatic heterocycles. The highest BCUT2D eigenvalue weighted by atomic mass is 16.5. The van der Waals surface area contributed by atoms with Crippen molar-refractivity contribution in [3.63, 3.8) is 0 Å². The molecule has 2 aliphatic rings. The van der Waals surface area contributed by atoms with E-state index in [1.807, 2.05) is 4.90 Å². The maximum absolute atomic E-state index is 12.5. The van der Waals surface area contributed by atoms with E-state index in [-0.39, 0.29) is 5.91 Å². The SMILES string of the molecule is CC1(C)CCN(C(=O)c2onc3c2CCCC3)CC1. The van der Waals surface area contributed by atoms with Gasteiger partial charge in [-0.2, -0.15) is 0 Å². The fraction of sp³-hybridized carbons (Fsp3) is 0.733. The molecular formula is C15H22N2O2. The molecule has 0 radical (unpaired) electrons. The first-order valence-electron chi connectivity index (χ1n) is 7.33. The first-order valence-corrected chi connectivity index (χ1v) is 7.33. The normalized spacial score (nSPS) is 22.1. The predicted octanol–water partition coefficient (Wildman–Crippen LogP) is 2.82. The molecule has 4 heteroatoms. The van der Waals surface area contributed by atoms with Crippen LogP contribution in [-0.4, -0.2) is 29.1 Å². The fourth-order valence-corrected chi connectivity index (χ4v) is 3.02. The molecule has 2 heterocycles. The summed E-state index contributed by atoms with van der Waals surface area (Å²) in [6.45, 7) is 6.21. The van der Waals surface area contributed by atoms with Crippen LogP contribution in [0.4, 0.5) is 0 Å². The van der Waals surface area contributed by atoms with Gasteiger partial charge in [0.15, 0.2) is 0 Å². The van der Waals surface area contributed by atoms with Crippen LogP contribution in [-0.2, 0) is 12.8 Å². The lowest BCUT2D eigenvalue weighted by Gasteiger charge is -2.36. The number of rotatable bonds is 1. The second kappa shape index (κ2) is 4.66. The second-order valence-corrected chi connectivity index (χ2v) is 6.60. The highest BCUT2D eigenvalue weighted by Gasteiger charge is 2.32. The Balaban J connectivity index is 1.76. The van der Waals surface area contributed by atoms with Crippen LogP contribution in [0.2, 0.25) is 0 Å². The number of hydrogen-bond donors (Lipinski definition) is 0. The van der Waals surface area contributed by atoms with E-state index < -0.39 is 0 Å². The third kappa shape index (κ3) is 2.40. The first-order chi connectivity index (χ1) is 9.07. The Morgan fingerprint density at radius 3 is 2.63 bits per heavy atom. The largest absolute Gasteiger partial charge is 0.350 e. The van der Waals surface area contributed by atoms with E-state index in [1.54, 1.807) is 0 Å². The van der Waals surface area contributed by atoms with Gasteiger partial charge in [0.25, 0.3) is 5.91 Å². The molecule has 0 N–H and O–H groups in total. The molecule has 3 rings (SSSR count). The summed E-state index contributed by atoms with van der Waals surface area (Å²) in [5.41, 5.74) is 2.44. The smallest absolute Gasteiger partial charge is 0.292 e. The Kier molecular flexibility index (Phi) is 3.11. The molecule has 1 saturated heterocycles. The van der Waals surface area contributed by atoms with Crippen molar-refractivity contribution < 1.29 is 9.32 Å². The highest BCUT2D eigenvalue weighted by Crippen LogP contribution is 2.31. The fourth-order valence-electron chi connectivity index (χ4n) is 3.02. The number of hydrogen-bond acceptors (Lipinski definition) is 3. The third-order valence-electron chi connectivity index (χ3n) is 4.56. The zero-order valence-electron chi connectivity index (χ0n) is 11.9. The molecular weight excluding hydrogens is 240 g/mol. The van der Waals surface area contributed by atoms with Crippen molar-refractivity contribution in [2.24, 2.45) is 5.41 Å². The van der Waals surface area contributed by atoms with Gasteiger partial charge in [0.1, 0.15) is 0 Å². The standard InChI is InChI=1S/C15H22N2O2/c1-15(2)7-9-17(10-8-15)14(18)13-11-5-3-4-6-12(11)16-19-13/h3-10H2,1-2H3. The van der Waals surface area contributed by atoms with E-state index in [4.69, 9.17) is 4.52 Å². The Morgan fingerprint density at radius 2 is 1.89 bits per heavy atom. The van der Waals surface area contributed by atoms with Crippen LogP contribution in [0.15, 0.2) is 4.52 Å². The van der Waals surface area contributed by atoms with E-state index in [0.29, 0.717) is 11.2 Å². The van der Waals surface area contributed by atoms with Gasteiger partial charge in [0, 0.05) is 18.7 Å². The van der Waals surface area contributed by atoms with Gasteiger partial charge in [0.2, 0.25) is 5.76 Å². The Hall–Kier alpha value is -1.32. The van der Waals surface area contributed by atoms with E-state index in [0.717, 1.165) is 62.9 Å². The lowest BCUT2D eigenvalue weighted by atomic mass is 9.82. The number of fused-ring (bicyclic) bond motifs is 1. The minimum absolute atomic E-state index is 0.0474. The van der Waals surface area contributed by atoms with Crippen LogP contribution in [0.1, 0.15) is 61.3 Å². The molecule has 4 nitrogen and oxygen atoms in total. The van der Waals surface area contributed by atoms with Crippen LogP contribution in [0.25, 0.3) is 0 Å². The van der Waals surface area contributed by atoms with Gasteiger partial charge in [0.05, 0.1) is 5.69 Å².